The predicted octanol–water partition coefficient (Wildman–Crippen LogP) is 1.43. The lowest BCUT2D eigenvalue weighted by Gasteiger charge is -2.05. The van der Waals surface area contributed by atoms with Crippen molar-refractivity contribution in [1.29, 1.82) is 0 Å². The maximum absolute atomic E-state index is 9.75. The first kappa shape index (κ1) is 9.66. The molecule has 1 unspecified atom stereocenters. The Labute approximate surface area is 93.9 Å². The van der Waals surface area contributed by atoms with Gasteiger partial charge in [0.1, 0.15) is 0 Å². The van der Waals surface area contributed by atoms with E-state index in [0.29, 0.717) is 11.6 Å². The van der Waals surface area contributed by atoms with Crippen LogP contribution in [0.3, 0.4) is 0 Å². The van der Waals surface area contributed by atoms with Crippen molar-refractivity contribution in [3.63, 3.8) is 0 Å². The average Bonchev–Trinajstić information content (AvgIpc) is 2.88. The van der Waals surface area contributed by atoms with Crippen molar-refractivity contribution < 1.29 is 5.11 Å². The Morgan fingerprint density at radius 2 is 2.44 bits per heavy atom. The van der Waals surface area contributed by atoms with Crippen LogP contribution in [0.1, 0.15) is 23.7 Å². The van der Waals surface area contributed by atoms with Crippen LogP contribution in [0.25, 0.3) is 5.65 Å². The molecule has 0 saturated carbocycles. The Kier molecular flexibility index (Phi) is 2.11. The van der Waals surface area contributed by atoms with Gasteiger partial charge in [-0.15, -0.1) is 0 Å². The van der Waals surface area contributed by atoms with Crippen molar-refractivity contribution >= 4 is 5.65 Å². The molecule has 3 rings (SSSR count). The molecule has 2 N–H and O–H groups in total. The van der Waals surface area contributed by atoms with Crippen LogP contribution >= 0.6 is 0 Å². The van der Waals surface area contributed by atoms with Crippen molar-refractivity contribution in [3.8, 4) is 5.75 Å². The van der Waals surface area contributed by atoms with Gasteiger partial charge in [0.25, 0.3) is 0 Å². The lowest BCUT2D eigenvalue weighted by atomic mass is 10.0. The van der Waals surface area contributed by atoms with E-state index in [1.807, 2.05) is 16.7 Å². The van der Waals surface area contributed by atoms with E-state index in [1.165, 1.54) is 0 Å². The van der Waals surface area contributed by atoms with Crippen molar-refractivity contribution in [2.45, 2.75) is 19.3 Å². The molecule has 1 aliphatic heterocycles. The number of pyridine rings is 1. The van der Waals surface area contributed by atoms with Crippen LogP contribution in [-0.2, 0) is 0 Å². The number of nitrogens with one attached hydrogen (secondary N) is 1. The van der Waals surface area contributed by atoms with Crippen molar-refractivity contribution in [3.05, 3.63) is 29.7 Å². The van der Waals surface area contributed by atoms with Gasteiger partial charge in [-0.05, 0) is 32.0 Å². The van der Waals surface area contributed by atoms with Gasteiger partial charge in [-0.2, -0.15) is 0 Å². The van der Waals surface area contributed by atoms with Gasteiger partial charge < -0.3 is 14.8 Å². The first-order chi connectivity index (χ1) is 7.77. The molecule has 0 amide bonds. The molecule has 2 aromatic rings. The molecule has 0 aromatic carbocycles. The fourth-order valence-corrected chi connectivity index (χ4v) is 2.46. The lowest BCUT2D eigenvalue weighted by Crippen LogP contribution is -2.08. The molecule has 3 heterocycles. The first-order valence-corrected chi connectivity index (χ1v) is 5.64. The summed E-state index contributed by atoms with van der Waals surface area (Å²) in [6, 6.07) is 3.52. The van der Waals surface area contributed by atoms with E-state index in [1.54, 1.807) is 6.07 Å². The highest BCUT2D eigenvalue weighted by atomic mass is 16.3. The number of aryl methyl sites for hydroxylation is 1. The second-order valence-electron chi connectivity index (χ2n) is 4.36. The van der Waals surface area contributed by atoms with Gasteiger partial charge in [0.05, 0.1) is 5.69 Å². The summed E-state index contributed by atoms with van der Waals surface area (Å²) in [6.45, 7) is 4.11. The number of rotatable bonds is 1. The molecule has 0 aliphatic carbocycles. The van der Waals surface area contributed by atoms with E-state index >= 15 is 0 Å². The van der Waals surface area contributed by atoms with E-state index in [-0.39, 0.29) is 5.75 Å². The zero-order valence-electron chi connectivity index (χ0n) is 9.27. The topological polar surface area (TPSA) is 49.6 Å². The number of aromatic nitrogens is 2. The number of aromatic hydroxyl groups is 1. The minimum Gasteiger partial charge on any atom is -0.504 e. The molecule has 0 bridgehead atoms. The van der Waals surface area contributed by atoms with Gasteiger partial charge in [-0.25, -0.2) is 4.98 Å². The summed E-state index contributed by atoms with van der Waals surface area (Å²) in [5.41, 5.74) is 2.92. The van der Waals surface area contributed by atoms with E-state index < -0.39 is 0 Å². The molecule has 1 saturated heterocycles. The van der Waals surface area contributed by atoms with Gasteiger partial charge in [-0.3, -0.25) is 0 Å². The normalized spacial score (nSPS) is 20.7. The van der Waals surface area contributed by atoms with Gasteiger partial charge in [0.15, 0.2) is 11.4 Å². The quantitative estimate of drug-likeness (QED) is 0.759. The maximum atomic E-state index is 9.75. The highest BCUT2D eigenvalue weighted by molar-refractivity contribution is 5.55. The van der Waals surface area contributed by atoms with Crippen molar-refractivity contribution in [1.82, 2.24) is 14.7 Å². The number of hydrogen-bond donors (Lipinski definition) is 2. The van der Waals surface area contributed by atoms with Crippen LogP contribution in [0.5, 0.6) is 5.75 Å². The first-order valence-electron chi connectivity index (χ1n) is 5.64. The summed E-state index contributed by atoms with van der Waals surface area (Å²) in [5, 5.41) is 13.1. The van der Waals surface area contributed by atoms with E-state index in [0.717, 1.165) is 30.9 Å². The predicted molar refractivity (Wildman–Crippen MR) is 61.8 cm³/mol. The molecule has 1 fully saturated rings. The lowest BCUT2D eigenvalue weighted by molar-refractivity contribution is 0.477. The molecule has 16 heavy (non-hydrogen) atoms. The smallest absolute Gasteiger partial charge is 0.179 e. The zero-order chi connectivity index (χ0) is 11.1. The van der Waals surface area contributed by atoms with Crippen molar-refractivity contribution in [2.24, 2.45) is 0 Å². The van der Waals surface area contributed by atoms with E-state index in [2.05, 4.69) is 17.2 Å². The molecule has 4 heteroatoms. The summed E-state index contributed by atoms with van der Waals surface area (Å²) < 4.78 is 1.96. The third kappa shape index (κ3) is 1.30. The Bertz CT molecular complexity index is 526. The molecule has 4 nitrogen and oxygen atoms in total. The Hall–Kier alpha value is -1.55. The van der Waals surface area contributed by atoms with Gasteiger partial charge in [-0.1, -0.05) is 0 Å². The van der Waals surface area contributed by atoms with Gasteiger partial charge in [0.2, 0.25) is 0 Å². The zero-order valence-corrected chi connectivity index (χ0v) is 9.27. The third-order valence-electron chi connectivity index (χ3n) is 3.35. The van der Waals surface area contributed by atoms with E-state index in [9.17, 15) is 5.11 Å². The number of hydrogen-bond acceptors (Lipinski definition) is 3. The fraction of sp³-hybridized carbons (Fsp3) is 0.417. The number of fused-ring (bicyclic) bond motifs is 1. The summed E-state index contributed by atoms with van der Waals surface area (Å²) >= 11 is 0. The highest BCUT2D eigenvalue weighted by Gasteiger charge is 2.22. The average molecular weight is 217 g/mol. The highest BCUT2D eigenvalue weighted by Crippen LogP contribution is 2.28. The van der Waals surface area contributed by atoms with Crippen LogP contribution in [-0.4, -0.2) is 27.6 Å². The molecule has 1 atom stereocenters. The summed E-state index contributed by atoms with van der Waals surface area (Å²) in [6.07, 6.45) is 3.08. The maximum Gasteiger partial charge on any atom is 0.179 e. The molecule has 2 aromatic heterocycles. The Morgan fingerprint density at radius 1 is 1.56 bits per heavy atom. The fourth-order valence-electron chi connectivity index (χ4n) is 2.46. The third-order valence-corrected chi connectivity index (χ3v) is 3.35. The standard InChI is InChI=1S/C12H15N3O/c1-8-11(9-4-5-13-7-9)14-12-10(16)3-2-6-15(8)12/h2-3,6,9,13,16H,4-5,7H2,1H3. The van der Waals surface area contributed by atoms with Crippen LogP contribution in [0.4, 0.5) is 0 Å². The molecule has 1 aliphatic rings. The molecular weight excluding hydrogens is 202 g/mol. The minimum absolute atomic E-state index is 0.253. The molecule has 0 radical (unpaired) electrons. The van der Waals surface area contributed by atoms with Gasteiger partial charge >= 0.3 is 0 Å². The minimum atomic E-state index is 0.253. The summed E-state index contributed by atoms with van der Waals surface area (Å²) in [5.74, 6) is 0.738. The Morgan fingerprint density at radius 3 is 3.12 bits per heavy atom. The summed E-state index contributed by atoms with van der Waals surface area (Å²) in [7, 11) is 0. The van der Waals surface area contributed by atoms with Crippen LogP contribution in [0.2, 0.25) is 0 Å². The van der Waals surface area contributed by atoms with Crippen LogP contribution in [0, 0.1) is 6.92 Å². The second kappa shape index (κ2) is 3.49. The SMILES string of the molecule is Cc1c(C2CCNC2)nc2c(O)cccn12. The second-order valence-corrected chi connectivity index (χ2v) is 4.36. The van der Waals surface area contributed by atoms with Crippen molar-refractivity contribution in [2.75, 3.05) is 13.1 Å². The summed E-state index contributed by atoms with van der Waals surface area (Å²) in [4.78, 5) is 4.57. The number of imidazole rings is 1. The van der Waals surface area contributed by atoms with Crippen LogP contribution in [0.15, 0.2) is 18.3 Å². The molecular formula is C12H15N3O. The van der Waals surface area contributed by atoms with E-state index in [4.69, 9.17) is 0 Å². The van der Waals surface area contributed by atoms with Gasteiger partial charge in [0, 0.05) is 24.4 Å². The molecule has 0 spiro atoms. The monoisotopic (exact) mass is 217 g/mol. The molecule has 84 valence electrons. The number of nitrogens with zero attached hydrogens (tertiary/aromatic N) is 2. The Balaban J connectivity index is 2.18. The largest absolute Gasteiger partial charge is 0.504 e. The van der Waals surface area contributed by atoms with Crippen LogP contribution < -0.4 is 5.32 Å².